The van der Waals surface area contributed by atoms with Gasteiger partial charge in [-0.2, -0.15) is 0 Å². The Bertz CT molecular complexity index is 601. The molecule has 3 N–H and O–H groups in total. The van der Waals surface area contributed by atoms with Crippen LogP contribution in [0.15, 0.2) is 23.1 Å². The molecule has 0 radical (unpaired) electrons. The molecule has 0 aromatic heterocycles. The molecular formula is C12H17ClN2O4S. The highest BCUT2D eigenvalue weighted by molar-refractivity contribution is 7.89. The van der Waals surface area contributed by atoms with Gasteiger partial charge in [-0.05, 0) is 39.0 Å². The number of primary sulfonamides is 1. The van der Waals surface area contributed by atoms with E-state index in [1.165, 1.54) is 25.1 Å². The molecule has 20 heavy (non-hydrogen) atoms. The lowest BCUT2D eigenvalue weighted by Crippen LogP contribution is -2.40. The summed E-state index contributed by atoms with van der Waals surface area (Å²) in [6, 6.07) is 3.95. The number of hydrogen-bond donors (Lipinski definition) is 2. The first-order valence-electron chi connectivity index (χ1n) is 5.90. The van der Waals surface area contributed by atoms with E-state index < -0.39 is 16.1 Å². The molecule has 0 heterocycles. The predicted octanol–water partition coefficient (Wildman–Crippen LogP) is 1.28. The van der Waals surface area contributed by atoms with Gasteiger partial charge >= 0.3 is 0 Å². The molecule has 6 nitrogen and oxygen atoms in total. The van der Waals surface area contributed by atoms with Gasteiger partial charge in [0.25, 0.3) is 5.91 Å². The monoisotopic (exact) mass is 320 g/mol. The number of ether oxygens (including phenoxy) is 1. The van der Waals surface area contributed by atoms with Gasteiger partial charge < -0.3 is 10.1 Å². The number of rotatable bonds is 5. The zero-order valence-electron chi connectivity index (χ0n) is 11.4. The van der Waals surface area contributed by atoms with E-state index in [0.29, 0.717) is 0 Å². The van der Waals surface area contributed by atoms with E-state index in [2.05, 4.69) is 5.32 Å². The lowest BCUT2D eigenvalue weighted by atomic mass is 10.3. The number of carbonyl (C=O) groups is 1. The highest BCUT2D eigenvalue weighted by Crippen LogP contribution is 2.27. The largest absolute Gasteiger partial charge is 0.479 e. The van der Waals surface area contributed by atoms with Gasteiger partial charge in [0, 0.05) is 11.1 Å². The van der Waals surface area contributed by atoms with E-state index in [4.69, 9.17) is 21.5 Å². The van der Waals surface area contributed by atoms with E-state index in [-0.39, 0.29) is 27.6 Å². The Morgan fingerprint density at radius 2 is 1.95 bits per heavy atom. The Balaban J connectivity index is 3.01. The van der Waals surface area contributed by atoms with Gasteiger partial charge in [-0.3, -0.25) is 4.79 Å². The van der Waals surface area contributed by atoms with E-state index in [1.54, 1.807) is 0 Å². The molecule has 1 unspecified atom stereocenters. The summed E-state index contributed by atoms with van der Waals surface area (Å²) >= 11 is 5.74. The van der Waals surface area contributed by atoms with Crippen LogP contribution >= 0.6 is 11.6 Å². The lowest BCUT2D eigenvalue weighted by Gasteiger charge is -2.18. The quantitative estimate of drug-likeness (QED) is 0.853. The summed E-state index contributed by atoms with van der Waals surface area (Å²) in [4.78, 5) is 11.5. The fourth-order valence-corrected chi connectivity index (χ4v) is 2.37. The standard InChI is InChI=1S/C12H17ClN2O4S/c1-7(2)15-12(16)8(3)19-10-5-4-9(13)6-11(10)20(14,17)18/h4-8H,1-3H3,(H,15,16)(H2,14,17,18). The first-order chi connectivity index (χ1) is 9.11. The summed E-state index contributed by atoms with van der Waals surface area (Å²) in [5, 5.41) is 7.96. The maximum absolute atomic E-state index is 11.7. The summed E-state index contributed by atoms with van der Waals surface area (Å²) in [5.41, 5.74) is 0. The van der Waals surface area contributed by atoms with Crippen LogP contribution in [0.4, 0.5) is 0 Å². The average molecular weight is 321 g/mol. The molecule has 0 fully saturated rings. The van der Waals surface area contributed by atoms with Crippen molar-refractivity contribution in [1.82, 2.24) is 5.32 Å². The fraction of sp³-hybridized carbons (Fsp3) is 0.417. The van der Waals surface area contributed by atoms with Crippen molar-refractivity contribution in [3.8, 4) is 5.75 Å². The maximum atomic E-state index is 11.7. The molecule has 0 aliphatic rings. The zero-order valence-corrected chi connectivity index (χ0v) is 13.0. The molecule has 1 atom stereocenters. The number of hydrogen-bond acceptors (Lipinski definition) is 4. The number of nitrogens with one attached hydrogen (secondary N) is 1. The second-order valence-electron chi connectivity index (χ2n) is 4.56. The van der Waals surface area contributed by atoms with Gasteiger partial charge in [-0.1, -0.05) is 11.6 Å². The van der Waals surface area contributed by atoms with E-state index in [1.807, 2.05) is 13.8 Å². The van der Waals surface area contributed by atoms with Crippen molar-refractivity contribution in [3.05, 3.63) is 23.2 Å². The van der Waals surface area contributed by atoms with Crippen molar-refractivity contribution < 1.29 is 17.9 Å². The smallest absolute Gasteiger partial charge is 0.260 e. The number of benzene rings is 1. The Labute approximate surface area is 123 Å². The maximum Gasteiger partial charge on any atom is 0.260 e. The summed E-state index contributed by atoms with van der Waals surface area (Å²) in [7, 11) is -3.99. The van der Waals surface area contributed by atoms with Gasteiger partial charge in [-0.25, -0.2) is 13.6 Å². The minimum absolute atomic E-state index is 0.0108. The summed E-state index contributed by atoms with van der Waals surface area (Å²) in [6.07, 6.45) is -0.862. The predicted molar refractivity (Wildman–Crippen MR) is 76.2 cm³/mol. The van der Waals surface area contributed by atoms with E-state index >= 15 is 0 Å². The summed E-state index contributed by atoms with van der Waals surface area (Å²) in [5.74, 6) is -0.362. The minimum Gasteiger partial charge on any atom is -0.479 e. The third-order valence-electron chi connectivity index (χ3n) is 2.32. The van der Waals surface area contributed by atoms with Crippen molar-refractivity contribution in [1.29, 1.82) is 0 Å². The molecule has 1 aromatic rings. The second-order valence-corrected chi connectivity index (χ2v) is 6.53. The van der Waals surface area contributed by atoms with Crippen LogP contribution < -0.4 is 15.2 Å². The molecule has 0 aliphatic carbocycles. The van der Waals surface area contributed by atoms with Gasteiger partial charge in [0.15, 0.2) is 6.10 Å². The average Bonchev–Trinajstić information content (AvgIpc) is 2.29. The summed E-state index contributed by atoms with van der Waals surface area (Å²) in [6.45, 7) is 5.13. The third kappa shape index (κ3) is 4.66. The van der Waals surface area contributed by atoms with Crippen LogP contribution in [-0.4, -0.2) is 26.5 Å². The van der Waals surface area contributed by atoms with Gasteiger partial charge in [-0.15, -0.1) is 0 Å². The Kier molecular flexibility index (Phi) is 5.38. The number of halogens is 1. The Hall–Kier alpha value is -1.31. The zero-order chi connectivity index (χ0) is 15.5. The molecule has 0 spiro atoms. The SMILES string of the molecule is CC(C)NC(=O)C(C)Oc1ccc(Cl)cc1S(N)(=O)=O. The van der Waals surface area contributed by atoms with Crippen molar-refractivity contribution in [2.45, 2.75) is 37.8 Å². The molecule has 1 rings (SSSR count). The Morgan fingerprint density at radius 1 is 1.35 bits per heavy atom. The van der Waals surface area contributed by atoms with Crippen molar-refractivity contribution in [2.75, 3.05) is 0 Å². The van der Waals surface area contributed by atoms with Gasteiger partial charge in [0.1, 0.15) is 10.6 Å². The van der Waals surface area contributed by atoms with Gasteiger partial charge in [0.2, 0.25) is 10.0 Å². The van der Waals surface area contributed by atoms with Crippen LogP contribution in [0.25, 0.3) is 0 Å². The molecule has 0 saturated heterocycles. The van der Waals surface area contributed by atoms with Crippen LogP contribution in [0.1, 0.15) is 20.8 Å². The second kappa shape index (κ2) is 6.43. The van der Waals surface area contributed by atoms with Crippen LogP contribution in [-0.2, 0) is 14.8 Å². The fourth-order valence-electron chi connectivity index (χ4n) is 1.45. The molecule has 112 valence electrons. The molecule has 8 heteroatoms. The van der Waals surface area contributed by atoms with Gasteiger partial charge in [0.05, 0.1) is 0 Å². The van der Waals surface area contributed by atoms with Crippen molar-refractivity contribution in [3.63, 3.8) is 0 Å². The summed E-state index contributed by atoms with van der Waals surface area (Å²) < 4.78 is 28.3. The molecule has 1 aromatic carbocycles. The minimum atomic E-state index is -3.99. The number of amides is 1. The first-order valence-corrected chi connectivity index (χ1v) is 7.83. The Morgan fingerprint density at radius 3 is 2.45 bits per heavy atom. The first kappa shape index (κ1) is 16.7. The normalized spacial score (nSPS) is 13.1. The third-order valence-corrected chi connectivity index (χ3v) is 3.48. The van der Waals surface area contributed by atoms with E-state index in [9.17, 15) is 13.2 Å². The highest BCUT2D eigenvalue weighted by Gasteiger charge is 2.21. The topological polar surface area (TPSA) is 98.5 Å². The highest BCUT2D eigenvalue weighted by atomic mass is 35.5. The molecular weight excluding hydrogens is 304 g/mol. The van der Waals surface area contributed by atoms with Crippen LogP contribution in [0.3, 0.4) is 0 Å². The van der Waals surface area contributed by atoms with Crippen LogP contribution in [0.2, 0.25) is 5.02 Å². The van der Waals surface area contributed by atoms with E-state index in [0.717, 1.165) is 0 Å². The van der Waals surface area contributed by atoms with Crippen LogP contribution in [0, 0.1) is 0 Å². The number of carbonyl (C=O) groups excluding carboxylic acids is 1. The van der Waals surface area contributed by atoms with Crippen molar-refractivity contribution >= 4 is 27.5 Å². The molecule has 0 bridgehead atoms. The lowest BCUT2D eigenvalue weighted by molar-refractivity contribution is -0.127. The van der Waals surface area contributed by atoms with Crippen LogP contribution in [0.5, 0.6) is 5.75 Å². The number of sulfonamides is 1. The number of nitrogens with two attached hydrogens (primary N) is 1. The molecule has 0 aliphatic heterocycles. The molecule has 1 amide bonds. The van der Waals surface area contributed by atoms with Crippen molar-refractivity contribution in [2.24, 2.45) is 5.14 Å². The molecule has 0 saturated carbocycles.